The number of alkyl halides is 3. The zero-order valence-electron chi connectivity index (χ0n) is 8.24. The summed E-state index contributed by atoms with van der Waals surface area (Å²) in [5, 5.41) is 15.4. The van der Waals surface area contributed by atoms with Crippen molar-refractivity contribution in [3.63, 3.8) is 0 Å². The van der Waals surface area contributed by atoms with Crippen LogP contribution in [0.2, 0.25) is 0 Å². The maximum absolute atomic E-state index is 11.9. The van der Waals surface area contributed by atoms with Gasteiger partial charge in [0, 0.05) is 13.0 Å². The highest BCUT2D eigenvalue weighted by Gasteiger charge is 2.27. The van der Waals surface area contributed by atoms with Crippen LogP contribution in [-0.4, -0.2) is 32.0 Å². The predicted molar refractivity (Wildman–Crippen MR) is 46.7 cm³/mol. The van der Waals surface area contributed by atoms with Crippen LogP contribution >= 0.6 is 0 Å². The second-order valence-corrected chi connectivity index (χ2v) is 3.20. The highest BCUT2D eigenvalue weighted by Crippen LogP contribution is 2.21. The van der Waals surface area contributed by atoms with E-state index >= 15 is 0 Å². The SMILES string of the molecule is O=C(O)CCn1cnnc1CCC(F)(F)F. The Kier molecular flexibility index (Phi) is 3.86. The van der Waals surface area contributed by atoms with Gasteiger partial charge >= 0.3 is 12.1 Å². The number of aromatic nitrogens is 3. The molecule has 1 aromatic heterocycles. The van der Waals surface area contributed by atoms with Crippen LogP contribution in [0.3, 0.4) is 0 Å². The van der Waals surface area contributed by atoms with Crippen molar-refractivity contribution < 1.29 is 23.1 Å². The van der Waals surface area contributed by atoms with E-state index < -0.39 is 18.6 Å². The first-order chi connectivity index (χ1) is 7.38. The summed E-state index contributed by atoms with van der Waals surface area (Å²) >= 11 is 0. The van der Waals surface area contributed by atoms with Crippen molar-refractivity contribution in [1.29, 1.82) is 0 Å². The number of carboxylic acids is 1. The molecule has 0 aliphatic rings. The zero-order chi connectivity index (χ0) is 12.2. The van der Waals surface area contributed by atoms with Gasteiger partial charge < -0.3 is 9.67 Å². The molecule has 0 radical (unpaired) electrons. The van der Waals surface area contributed by atoms with Gasteiger partial charge in [0.15, 0.2) is 0 Å². The van der Waals surface area contributed by atoms with Crippen molar-refractivity contribution >= 4 is 5.97 Å². The summed E-state index contributed by atoms with van der Waals surface area (Å²) in [7, 11) is 0. The fourth-order valence-corrected chi connectivity index (χ4v) is 1.13. The second-order valence-electron chi connectivity index (χ2n) is 3.20. The van der Waals surface area contributed by atoms with Gasteiger partial charge in [-0.25, -0.2) is 0 Å². The molecule has 0 saturated heterocycles. The molecule has 0 spiro atoms. The third-order valence-electron chi connectivity index (χ3n) is 1.89. The van der Waals surface area contributed by atoms with Crippen LogP contribution in [-0.2, 0) is 17.8 Å². The van der Waals surface area contributed by atoms with Gasteiger partial charge in [-0.05, 0) is 0 Å². The Balaban J connectivity index is 2.53. The number of carboxylic acid groups (broad SMARTS) is 1. The Morgan fingerprint density at radius 3 is 2.75 bits per heavy atom. The molecule has 0 bridgehead atoms. The molecule has 0 amide bonds. The summed E-state index contributed by atoms with van der Waals surface area (Å²) in [5.74, 6) is -0.867. The number of rotatable bonds is 5. The Morgan fingerprint density at radius 1 is 1.50 bits per heavy atom. The smallest absolute Gasteiger partial charge is 0.389 e. The molecular weight excluding hydrogens is 227 g/mol. The summed E-state index contributed by atoms with van der Waals surface area (Å²) in [4.78, 5) is 10.3. The van der Waals surface area contributed by atoms with Crippen LogP contribution in [0.25, 0.3) is 0 Å². The van der Waals surface area contributed by atoms with Gasteiger partial charge in [-0.1, -0.05) is 0 Å². The summed E-state index contributed by atoms with van der Waals surface area (Å²) in [5.41, 5.74) is 0. The fourth-order valence-electron chi connectivity index (χ4n) is 1.13. The summed E-state index contributed by atoms with van der Waals surface area (Å²) in [6.45, 7) is 0.0789. The van der Waals surface area contributed by atoms with E-state index in [9.17, 15) is 18.0 Å². The van der Waals surface area contributed by atoms with E-state index in [2.05, 4.69) is 10.2 Å². The lowest BCUT2D eigenvalue weighted by Crippen LogP contribution is -2.13. The first-order valence-corrected chi connectivity index (χ1v) is 4.54. The first-order valence-electron chi connectivity index (χ1n) is 4.54. The van der Waals surface area contributed by atoms with Gasteiger partial charge in [-0.3, -0.25) is 4.79 Å². The number of aryl methyl sites for hydroxylation is 2. The molecule has 1 N–H and O–H groups in total. The van der Waals surface area contributed by atoms with E-state index in [0.29, 0.717) is 0 Å². The molecule has 0 atom stereocenters. The largest absolute Gasteiger partial charge is 0.481 e. The minimum atomic E-state index is -4.25. The average molecular weight is 237 g/mol. The van der Waals surface area contributed by atoms with Crippen LogP contribution in [0.5, 0.6) is 0 Å². The summed E-state index contributed by atoms with van der Waals surface area (Å²) in [6, 6.07) is 0. The number of halogens is 3. The van der Waals surface area contributed by atoms with Crippen LogP contribution < -0.4 is 0 Å². The van der Waals surface area contributed by atoms with Crippen molar-refractivity contribution in [2.45, 2.75) is 32.0 Å². The van der Waals surface area contributed by atoms with Crippen LogP contribution in [0.1, 0.15) is 18.7 Å². The molecule has 0 fully saturated rings. The molecule has 0 unspecified atom stereocenters. The lowest BCUT2D eigenvalue weighted by Gasteiger charge is -2.07. The van der Waals surface area contributed by atoms with Crippen LogP contribution in [0.15, 0.2) is 6.33 Å². The average Bonchev–Trinajstić information content (AvgIpc) is 2.57. The molecule has 1 rings (SSSR count). The van der Waals surface area contributed by atoms with E-state index in [1.807, 2.05) is 0 Å². The monoisotopic (exact) mass is 237 g/mol. The highest BCUT2D eigenvalue weighted by atomic mass is 19.4. The summed E-state index contributed by atoms with van der Waals surface area (Å²) in [6.07, 6.45) is -4.46. The molecule has 8 heteroatoms. The zero-order valence-corrected chi connectivity index (χ0v) is 8.24. The van der Waals surface area contributed by atoms with Gasteiger partial charge in [-0.15, -0.1) is 10.2 Å². The van der Waals surface area contributed by atoms with Crippen molar-refractivity contribution in [1.82, 2.24) is 14.8 Å². The van der Waals surface area contributed by atoms with Gasteiger partial charge in [0.05, 0.1) is 12.8 Å². The number of carbonyl (C=O) groups is 1. The Labute approximate surface area is 88.9 Å². The number of nitrogens with zero attached hydrogens (tertiary/aromatic N) is 3. The van der Waals surface area contributed by atoms with Gasteiger partial charge in [-0.2, -0.15) is 13.2 Å². The molecule has 0 aromatic carbocycles. The second kappa shape index (κ2) is 4.95. The third kappa shape index (κ3) is 4.28. The number of hydrogen-bond donors (Lipinski definition) is 1. The minimum Gasteiger partial charge on any atom is -0.481 e. The van der Waals surface area contributed by atoms with Crippen LogP contribution in [0.4, 0.5) is 13.2 Å². The molecule has 1 aromatic rings. The molecule has 1 heterocycles. The van der Waals surface area contributed by atoms with E-state index in [1.165, 1.54) is 10.9 Å². The molecule has 5 nitrogen and oxygen atoms in total. The number of hydrogen-bond acceptors (Lipinski definition) is 3. The van der Waals surface area contributed by atoms with E-state index in [0.717, 1.165) is 0 Å². The lowest BCUT2D eigenvalue weighted by atomic mass is 10.3. The molecule has 0 saturated carbocycles. The highest BCUT2D eigenvalue weighted by molar-refractivity contribution is 5.66. The Morgan fingerprint density at radius 2 is 2.19 bits per heavy atom. The Bertz CT molecular complexity index is 362. The maximum Gasteiger partial charge on any atom is 0.389 e. The number of aliphatic carboxylic acids is 1. The van der Waals surface area contributed by atoms with Gasteiger partial charge in [0.25, 0.3) is 0 Å². The van der Waals surface area contributed by atoms with E-state index in [4.69, 9.17) is 5.11 Å². The van der Waals surface area contributed by atoms with Gasteiger partial charge in [0.1, 0.15) is 12.2 Å². The topological polar surface area (TPSA) is 68.0 Å². The molecule has 16 heavy (non-hydrogen) atoms. The quantitative estimate of drug-likeness (QED) is 0.836. The van der Waals surface area contributed by atoms with Crippen molar-refractivity contribution in [2.24, 2.45) is 0 Å². The maximum atomic E-state index is 11.9. The lowest BCUT2D eigenvalue weighted by molar-refractivity contribution is -0.137. The van der Waals surface area contributed by atoms with Crippen molar-refractivity contribution in [3.8, 4) is 0 Å². The Hall–Kier alpha value is -1.60. The van der Waals surface area contributed by atoms with Crippen molar-refractivity contribution in [2.75, 3.05) is 0 Å². The fraction of sp³-hybridized carbons (Fsp3) is 0.625. The normalized spacial score (nSPS) is 11.7. The first kappa shape index (κ1) is 12.5. The van der Waals surface area contributed by atoms with Crippen LogP contribution in [0, 0.1) is 0 Å². The van der Waals surface area contributed by atoms with E-state index in [1.54, 1.807) is 0 Å². The standard InChI is InChI=1S/C8H10F3N3O2/c9-8(10,11)3-1-6-13-12-5-14(6)4-2-7(15)16/h5H,1-4H2,(H,15,16). The minimum absolute atomic E-state index is 0.0789. The predicted octanol–water partition coefficient (Wildman–Crippen LogP) is 1.25. The van der Waals surface area contributed by atoms with Gasteiger partial charge in [0.2, 0.25) is 0 Å². The summed E-state index contributed by atoms with van der Waals surface area (Å²) < 4.78 is 37.1. The van der Waals surface area contributed by atoms with Crippen molar-refractivity contribution in [3.05, 3.63) is 12.2 Å². The molecular formula is C8H10F3N3O2. The molecule has 90 valence electrons. The van der Waals surface area contributed by atoms with E-state index in [-0.39, 0.29) is 25.2 Å². The molecule has 0 aliphatic heterocycles. The molecule has 0 aliphatic carbocycles. The third-order valence-corrected chi connectivity index (χ3v) is 1.89.